The van der Waals surface area contributed by atoms with Gasteiger partial charge >= 0.3 is 0 Å². The van der Waals surface area contributed by atoms with Crippen LogP contribution in [0.5, 0.6) is 0 Å². The van der Waals surface area contributed by atoms with Crippen molar-refractivity contribution in [2.24, 2.45) is 0 Å². The van der Waals surface area contributed by atoms with Gasteiger partial charge < -0.3 is 9.80 Å². The molecule has 0 atom stereocenters. The van der Waals surface area contributed by atoms with Crippen LogP contribution < -0.4 is 9.80 Å². The summed E-state index contributed by atoms with van der Waals surface area (Å²) < 4.78 is 0. The minimum Gasteiger partial charge on any atom is -0.308 e. The third-order valence-corrected chi connectivity index (χ3v) is 13.8. The molecular formula is C63H42N2. The van der Waals surface area contributed by atoms with Gasteiger partial charge in [0.15, 0.2) is 0 Å². The highest BCUT2D eigenvalue weighted by molar-refractivity contribution is 6.08. The van der Waals surface area contributed by atoms with Crippen LogP contribution in [0.25, 0.3) is 56.7 Å². The minimum atomic E-state index is -0.509. The molecular weight excluding hydrogens is 785 g/mol. The topological polar surface area (TPSA) is 6.48 Å². The molecule has 1 aliphatic heterocycles. The van der Waals surface area contributed by atoms with E-state index < -0.39 is 5.41 Å². The molecule has 3 aliphatic rings. The van der Waals surface area contributed by atoms with Crippen molar-refractivity contribution in [3.05, 3.63) is 276 Å². The molecule has 1 heterocycles. The standard InChI is InChI=1S/C63H42N2/c1-3-18-43(19-4-1)44-36-38-48(39-37-44)64(61-33-17-28-54-51-25-10-9-24-50(51)53-27-12-16-32-60(53)65(62(54)61)47-22-5-2-6-23-47)49-40-41-59-55(42-49)52-26-11-15-31-58(52)63(59)56-29-13-7-20-45(56)34-35-46-21-8-14-30-57(46)63/h1-42H. The lowest BCUT2D eigenvalue weighted by Gasteiger charge is -2.36. The average Bonchev–Trinajstić information content (AvgIpc) is 3.48. The molecule has 0 bridgehead atoms. The molecule has 2 heteroatoms. The second kappa shape index (κ2) is 14.8. The number of nitrogens with zero attached hydrogens (tertiary/aromatic N) is 2. The van der Waals surface area contributed by atoms with E-state index >= 15 is 0 Å². The van der Waals surface area contributed by atoms with Crippen LogP contribution in [0, 0.1) is 0 Å². The van der Waals surface area contributed by atoms with E-state index in [-0.39, 0.29) is 0 Å². The number of para-hydroxylation sites is 3. The Morgan fingerprint density at radius 3 is 1.54 bits per heavy atom. The third-order valence-electron chi connectivity index (χ3n) is 13.8. The first kappa shape index (κ1) is 37.1. The van der Waals surface area contributed by atoms with E-state index in [4.69, 9.17) is 0 Å². The van der Waals surface area contributed by atoms with E-state index in [0.717, 1.165) is 34.1 Å². The molecule has 13 rings (SSSR count). The van der Waals surface area contributed by atoms with Gasteiger partial charge in [-0.25, -0.2) is 0 Å². The molecule has 1 spiro atoms. The van der Waals surface area contributed by atoms with E-state index in [1.54, 1.807) is 0 Å². The highest BCUT2D eigenvalue weighted by Gasteiger charge is 2.48. The maximum absolute atomic E-state index is 2.49. The Labute approximate surface area is 380 Å². The Morgan fingerprint density at radius 2 is 0.831 bits per heavy atom. The van der Waals surface area contributed by atoms with E-state index in [1.807, 2.05) is 0 Å². The summed E-state index contributed by atoms with van der Waals surface area (Å²) in [5, 5.41) is 0. The zero-order chi connectivity index (χ0) is 42.9. The zero-order valence-electron chi connectivity index (χ0n) is 35.6. The average molecular weight is 827 g/mol. The summed E-state index contributed by atoms with van der Waals surface area (Å²) in [5.41, 5.74) is 23.5. The summed E-state index contributed by atoms with van der Waals surface area (Å²) in [6, 6.07) is 89.5. The van der Waals surface area contributed by atoms with Crippen molar-refractivity contribution in [1.29, 1.82) is 0 Å². The molecule has 0 amide bonds. The van der Waals surface area contributed by atoms with E-state index in [0.29, 0.717) is 0 Å². The molecule has 0 saturated carbocycles. The van der Waals surface area contributed by atoms with Crippen molar-refractivity contribution in [3.8, 4) is 44.5 Å². The molecule has 0 radical (unpaired) electrons. The number of rotatable bonds is 5. The van der Waals surface area contributed by atoms with Crippen molar-refractivity contribution in [1.82, 2.24) is 0 Å². The lowest BCUT2D eigenvalue weighted by molar-refractivity contribution is 0.766. The van der Waals surface area contributed by atoms with E-state index in [1.165, 1.54) is 77.9 Å². The third kappa shape index (κ3) is 5.60. The predicted molar refractivity (Wildman–Crippen MR) is 272 cm³/mol. The normalized spacial score (nSPS) is 13.3. The maximum atomic E-state index is 2.49. The summed E-state index contributed by atoms with van der Waals surface area (Å²) in [6.45, 7) is 0. The molecule has 2 nitrogen and oxygen atoms in total. The monoisotopic (exact) mass is 826 g/mol. The van der Waals surface area contributed by atoms with E-state index in [2.05, 4.69) is 265 Å². The van der Waals surface area contributed by atoms with Crippen LogP contribution in [0.2, 0.25) is 0 Å². The van der Waals surface area contributed by atoms with Crippen molar-refractivity contribution in [2.45, 2.75) is 5.41 Å². The maximum Gasteiger partial charge on any atom is 0.0781 e. The number of hydrogen-bond donors (Lipinski definition) is 0. The number of fused-ring (bicyclic) bond motifs is 14. The highest BCUT2D eigenvalue weighted by atomic mass is 15.2. The van der Waals surface area contributed by atoms with Gasteiger partial charge in [0.05, 0.1) is 22.5 Å². The van der Waals surface area contributed by atoms with Crippen LogP contribution in [0.1, 0.15) is 33.4 Å². The Balaban J connectivity index is 1.10. The van der Waals surface area contributed by atoms with E-state index in [9.17, 15) is 0 Å². The van der Waals surface area contributed by atoms with Crippen molar-refractivity contribution in [2.75, 3.05) is 9.80 Å². The number of hydrogen-bond acceptors (Lipinski definition) is 2. The first-order valence-corrected chi connectivity index (χ1v) is 22.5. The van der Waals surface area contributed by atoms with Crippen molar-refractivity contribution >= 4 is 46.3 Å². The van der Waals surface area contributed by atoms with Crippen LogP contribution in [0.15, 0.2) is 243 Å². The van der Waals surface area contributed by atoms with Crippen molar-refractivity contribution < 1.29 is 0 Å². The highest BCUT2D eigenvalue weighted by Crippen LogP contribution is 2.60. The molecule has 0 saturated heterocycles. The summed E-state index contributed by atoms with van der Waals surface area (Å²) in [6.07, 6.45) is 4.60. The lowest BCUT2D eigenvalue weighted by atomic mass is 9.66. The predicted octanol–water partition coefficient (Wildman–Crippen LogP) is 16.8. The molecule has 10 aromatic carbocycles. The van der Waals surface area contributed by atoms with Gasteiger partial charge in [0.25, 0.3) is 0 Å². The Kier molecular flexibility index (Phi) is 8.47. The number of benzene rings is 10. The molecule has 0 aromatic heterocycles. The second-order valence-electron chi connectivity index (χ2n) is 17.2. The molecule has 0 fully saturated rings. The summed E-state index contributed by atoms with van der Waals surface area (Å²) in [5.74, 6) is 0. The van der Waals surface area contributed by atoms with Gasteiger partial charge in [0.1, 0.15) is 0 Å². The molecule has 65 heavy (non-hydrogen) atoms. The van der Waals surface area contributed by atoms with Crippen LogP contribution >= 0.6 is 0 Å². The van der Waals surface area contributed by atoms with Gasteiger partial charge in [-0.3, -0.25) is 0 Å². The largest absolute Gasteiger partial charge is 0.308 e. The SMILES string of the molecule is C1=Cc2ccccc2C2(c3ccccc31)c1ccccc1-c1cc(N(c3ccc(-c4ccccc4)cc3)c3cccc4c3N(c3ccccc3)c3ccccc3-c3ccccc3-4)ccc12. The molecule has 10 aromatic rings. The summed E-state index contributed by atoms with van der Waals surface area (Å²) >= 11 is 0. The first-order valence-electron chi connectivity index (χ1n) is 22.5. The fourth-order valence-electron chi connectivity index (χ4n) is 11.1. The molecule has 304 valence electrons. The van der Waals surface area contributed by atoms with Gasteiger partial charge in [0, 0.05) is 28.2 Å². The fraction of sp³-hybridized carbons (Fsp3) is 0.0159. The lowest BCUT2D eigenvalue weighted by Crippen LogP contribution is -2.30. The van der Waals surface area contributed by atoms with Crippen LogP contribution in [-0.2, 0) is 5.41 Å². The minimum absolute atomic E-state index is 0.509. The molecule has 0 N–H and O–H groups in total. The number of anilines is 6. The molecule has 0 unspecified atom stereocenters. The zero-order valence-corrected chi connectivity index (χ0v) is 35.6. The smallest absolute Gasteiger partial charge is 0.0781 e. The van der Waals surface area contributed by atoms with Crippen molar-refractivity contribution in [3.63, 3.8) is 0 Å². The summed E-state index contributed by atoms with van der Waals surface area (Å²) in [7, 11) is 0. The van der Waals surface area contributed by atoms with Gasteiger partial charge in [0.2, 0.25) is 0 Å². The van der Waals surface area contributed by atoms with Gasteiger partial charge in [-0.2, -0.15) is 0 Å². The van der Waals surface area contributed by atoms with Crippen LogP contribution in [-0.4, -0.2) is 0 Å². The quantitative estimate of drug-likeness (QED) is 0.171. The fourth-order valence-corrected chi connectivity index (χ4v) is 11.1. The van der Waals surface area contributed by atoms with Gasteiger partial charge in [-0.05, 0) is 115 Å². The Morgan fingerprint density at radius 1 is 0.323 bits per heavy atom. The first-order chi connectivity index (χ1) is 32.3. The Bertz CT molecular complexity index is 3440. The van der Waals surface area contributed by atoms with Gasteiger partial charge in [-0.15, -0.1) is 0 Å². The molecule has 2 aliphatic carbocycles. The Hall–Kier alpha value is -8.46. The van der Waals surface area contributed by atoms with Crippen LogP contribution in [0.3, 0.4) is 0 Å². The van der Waals surface area contributed by atoms with Crippen LogP contribution in [0.4, 0.5) is 34.1 Å². The summed E-state index contributed by atoms with van der Waals surface area (Å²) in [4.78, 5) is 4.97. The second-order valence-corrected chi connectivity index (χ2v) is 17.2. The van der Waals surface area contributed by atoms with Gasteiger partial charge in [-0.1, -0.05) is 206 Å².